The molecule has 116 valence electrons. The maximum Gasteiger partial charge on any atom is 0.163 e. The fourth-order valence-electron chi connectivity index (χ4n) is 2.93. The van der Waals surface area contributed by atoms with Crippen LogP contribution in [-0.2, 0) is 12.8 Å². The number of rotatable bonds is 5. The number of carbonyl (C=O) groups excluding carboxylic acids is 2. The molecule has 23 heavy (non-hydrogen) atoms. The lowest BCUT2D eigenvalue weighted by atomic mass is 10.0. The van der Waals surface area contributed by atoms with Crippen molar-refractivity contribution in [1.82, 2.24) is 0 Å². The van der Waals surface area contributed by atoms with Crippen LogP contribution in [0.25, 0.3) is 6.08 Å². The van der Waals surface area contributed by atoms with E-state index < -0.39 is 0 Å². The Morgan fingerprint density at radius 3 is 2.61 bits per heavy atom. The van der Waals surface area contributed by atoms with E-state index in [9.17, 15) is 9.59 Å². The van der Waals surface area contributed by atoms with Gasteiger partial charge < -0.3 is 0 Å². The molecule has 0 fully saturated rings. The second kappa shape index (κ2) is 6.74. The van der Waals surface area contributed by atoms with Crippen LogP contribution >= 0.6 is 0 Å². The van der Waals surface area contributed by atoms with Gasteiger partial charge in [-0.1, -0.05) is 48.6 Å². The maximum absolute atomic E-state index is 11.8. The molecule has 0 saturated heterocycles. The number of aryl methyl sites for hydroxylation is 2. The zero-order valence-electron chi connectivity index (χ0n) is 13.3. The molecular formula is C21H20O2. The van der Waals surface area contributed by atoms with Crippen molar-refractivity contribution >= 4 is 17.6 Å². The molecule has 0 aliphatic heterocycles. The molecule has 3 rings (SSSR count). The highest BCUT2D eigenvalue weighted by Gasteiger charge is 2.18. The number of benzene rings is 2. The molecule has 0 amide bonds. The van der Waals surface area contributed by atoms with E-state index in [1.54, 1.807) is 6.92 Å². The van der Waals surface area contributed by atoms with Crippen LogP contribution < -0.4 is 0 Å². The third kappa shape index (κ3) is 3.65. The summed E-state index contributed by atoms with van der Waals surface area (Å²) in [6.07, 6.45) is 7.63. The van der Waals surface area contributed by atoms with E-state index in [0.717, 1.165) is 36.0 Å². The van der Waals surface area contributed by atoms with Crippen molar-refractivity contribution in [1.29, 1.82) is 0 Å². The van der Waals surface area contributed by atoms with Crippen molar-refractivity contribution in [2.45, 2.75) is 32.6 Å². The first-order valence-corrected chi connectivity index (χ1v) is 8.06. The Labute approximate surface area is 136 Å². The lowest BCUT2D eigenvalue weighted by molar-refractivity contribution is 0.0991. The molecule has 0 radical (unpaired) electrons. The van der Waals surface area contributed by atoms with Crippen LogP contribution in [0.4, 0.5) is 0 Å². The molecule has 0 bridgehead atoms. The van der Waals surface area contributed by atoms with Gasteiger partial charge in [-0.3, -0.25) is 9.59 Å². The number of hydrogen-bond donors (Lipinski definition) is 0. The molecule has 0 N–H and O–H groups in total. The third-order valence-electron chi connectivity index (χ3n) is 4.33. The van der Waals surface area contributed by atoms with Gasteiger partial charge in [0.05, 0.1) is 0 Å². The summed E-state index contributed by atoms with van der Waals surface area (Å²) in [6.45, 7) is 1.58. The van der Waals surface area contributed by atoms with E-state index in [1.165, 1.54) is 11.1 Å². The lowest BCUT2D eigenvalue weighted by Crippen LogP contribution is -1.92. The predicted octanol–water partition coefficient (Wildman–Crippen LogP) is 4.66. The number of carbonyl (C=O) groups is 2. The van der Waals surface area contributed by atoms with E-state index in [-0.39, 0.29) is 11.6 Å². The predicted molar refractivity (Wildman–Crippen MR) is 92.9 cm³/mol. The standard InChI is InChI=1S/C21H20O2/c1-15(22)18-9-6-16(7-10-18)4-2-3-5-17-8-11-19-12-13-21(23)20(19)14-17/h3,5-11,14H,2,4,12-13H2,1H3/b5-3+. The fraction of sp³-hybridized carbons (Fsp3) is 0.238. The molecule has 0 heterocycles. The minimum absolute atomic E-state index is 0.0996. The molecule has 0 aromatic heterocycles. The molecule has 0 unspecified atom stereocenters. The Morgan fingerprint density at radius 2 is 1.87 bits per heavy atom. The first kappa shape index (κ1) is 15.4. The molecule has 2 aromatic rings. The summed E-state index contributed by atoms with van der Waals surface area (Å²) in [7, 11) is 0. The van der Waals surface area contributed by atoms with Crippen molar-refractivity contribution in [3.05, 3.63) is 76.4 Å². The van der Waals surface area contributed by atoms with E-state index in [2.05, 4.69) is 24.3 Å². The molecule has 0 saturated carbocycles. The SMILES string of the molecule is CC(=O)c1ccc(CC/C=C/c2ccc3c(c2)C(=O)CC3)cc1. The summed E-state index contributed by atoms with van der Waals surface area (Å²) < 4.78 is 0. The Kier molecular flexibility index (Phi) is 4.52. The zero-order valence-corrected chi connectivity index (χ0v) is 13.3. The van der Waals surface area contributed by atoms with Crippen molar-refractivity contribution < 1.29 is 9.59 Å². The quantitative estimate of drug-likeness (QED) is 0.753. The summed E-state index contributed by atoms with van der Waals surface area (Å²) in [6, 6.07) is 13.9. The number of fused-ring (bicyclic) bond motifs is 1. The highest BCUT2D eigenvalue weighted by atomic mass is 16.1. The van der Waals surface area contributed by atoms with Gasteiger partial charge >= 0.3 is 0 Å². The van der Waals surface area contributed by atoms with Crippen LogP contribution in [-0.4, -0.2) is 11.6 Å². The van der Waals surface area contributed by atoms with Gasteiger partial charge in [-0.2, -0.15) is 0 Å². The van der Waals surface area contributed by atoms with Gasteiger partial charge in [-0.15, -0.1) is 0 Å². The van der Waals surface area contributed by atoms with Crippen LogP contribution in [0.5, 0.6) is 0 Å². The topological polar surface area (TPSA) is 34.1 Å². The minimum atomic E-state index is 0.0996. The first-order chi connectivity index (χ1) is 11.1. The third-order valence-corrected chi connectivity index (χ3v) is 4.33. The van der Waals surface area contributed by atoms with E-state index >= 15 is 0 Å². The molecule has 2 heteroatoms. The van der Waals surface area contributed by atoms with Gasteiger partial charge in [0.2, 0.25) is 0 Å². The number of ketones is 2. The smallest absolute Gasteiger partial charge is 0.163 e. The largest absolute Gasteiger partial charge is 0.295 e. The number of allylic oxidation sites excluding steroid dienone is 1. The molecule has 1 aliphatic rings. The minimum Gasteiger partial charge on any atom is -0.295 e. The fourth-order valence-corrected chi connectivity index (χ4v) is 2.93. The Morgan fingerprint density at radius 1 is 1.09 bits per heavy atom. The highest BCUT2D eigenvalue weighted by Crippen LogP contribution is 2.23. The van der Waals surface area contributed by atoms with Crippen LogP contribution in [0.3, 0.4) is 0 Å². The van der Waals surface area contributed by atoms with E-state index in [0.29, 0.717) is 6.42 Å². The Hall–Kier alpha value is -2.48. The Bertz CT molecular complexity index is 767. The molecule has 0 atom stereocenters. The summed E-state index contributed by atoms with van der Waals surface area (Å²) in [5.74, 6) is 0.364. The highest BCUT2D eigenvalue weighted by molar-refractivity contribution is 6.00. The van der Waals surface area contributed by atoms with Crippen LogP contribution in [0.1, 0.15) is 57.2 Å². The average molecular weight is 304 g/mol. The summed E-state index contributed by atoms with van der Waals surface area (Å²) in [5, 5.41) is 0. The van der Waals surface area contributed by atoms with Crippen LogP contribution in [0.15, 0.2) is 48.5 Å². The maximum atomic E-state index is 11.8. The van der Waals surface area contributed by atoms with Gasteiger partial charge in [-0.05, 0) is 48.9 Å². The average Bonchev–Trinajstić information content (AvgIpc) is 2.93. The molecule has 1 aliphatic carbocycles. The molecular weight excluding hydrogens is 284 g/mol. The molecule has 2 aromatic carbocycles. The summed E-state index contributed by atoms with van der Waals surface area (Å²) >= 11 is 0. The van der Waals surface area contributed by atoms with Gasteiger partial charge in [0, 0.05) is 17.5 Å². The Balaban J connectivity index is 1.58. The number of Topliss-reactive ketones (excluding diaryl/α,β-unsaturated/α-hetero) is 2. The summed E-state index contributed by atoms with van der Waals surface area (Å²) in [5.41, 5.74) is 5.14. The lowest BCUT2D eigenvalue weighted by Gasteiger charge is -2.01. The summed E-state index contributed by atoms with van der Waals surface area (Å²) in [4.78, 5) is 23.0. The van der Waals surface area contributed by atoms with Crippen LogP contribution in [0.2, 0.25) is 0 Å². The van der Waals surface area contributed by atoms with Gasteiger partial charge in [0.1, 0.15) is 0 Å². The van der Waals surface area contributed by atoms with Crippen molar-refractivity contribution in [3.8, 4) is 0 Å². The molecule has 2 nitrogen and oxygen atoms in total. The molecule has 0 spiro atoms. The normalized spacial score (nSPS) is 13.5. The zero-order chi connectivity index (χ0) is 16.2. The van der Waals surface area contributed by atoms with Crippen LogP contribution in [0, 0.1) is 0 Å². The van der Waals surface area contributed by atoms with Gasteiger partial charge in [0.25, 0.3) is 0 Å². The van der Waals surface area contributed by atoms with Crippen molar-refractivity contribution in [3.63, 3.8) is 0 Å². The van der Waals surface area contributed by atoms with E-state index in [1.807, 2.05) is 30.3 Å². The van der Waals surface area contributed by atoms with Gasteiger partial charge in [0.15, 0.2) is 11.6 Å². The van der Waals surface area contributed by atoms with Crippen molar-refractivity contribution in [2.75, 3.05) is 0 Å². The van der Waals surface area contributed by atoms with Gasteiger partial charge in [-0.25, -0.2) is 0 Å². The monoisotopic (exact) mass is 304 g/mol. The van der Waals surface area contributed by atoms with Crippen molar-refractivity contribution in [2.24, 2.45) is 0 Å². The van der Waals surface area contributed by atoms with E-state index in [4.69, 9.17) is 0 Å². The number of hydrogen-bond acceptors (Lipinski definition) is 2. The second-order valence-electron chi connectivity index (χ2n) is 6.03. The second-order valence-corrected chi connectivity index (χ2v) is 6.03. The first-order valence-electron chi connectivity index (χ1n) is 8.06.